The van der Waals surface area contributed by atoms with Crippen LogP contribution >= 0.6 is 0 Å². The van der Waals surface area contributed by atoms with Gasteiger partial charge in [0.25, 0.3) is 0 Å². The van der Waals surface area contributed by atoms with E-state index in [1.807, 2.05) is 0 Å². The maximum atomic E-state index is 12.8. The lowest BCUT2D eigenvalue weighted by Crippen LogP contribution is -2.48. The largest absolute Gasteiger partial charge is 0.416 e. The van der Waals surface area contributed by atoms with Crippen LogP contribution in [0.2, 0.25) is 0 Å². The number of rotatable bonds is 6. The second-order valence-corrected chi connectivity index (χ2v) is 5.34. The molecule has 1 aromatic rings. The summed E-state index contributed by atoms with van der Waals surface area (Å²) in [5.41, 5.74) is -3.35. The highest BCUT2D eigenvalue weighted by atomic mass is 19.4. The maximum Gasteiger partial charge on any atom is 0.416 e. The van der Waals surface area contributed by atoms with E-state index in [9.17, 15) is 35.9 Å². The van der Waals surface area contributed by atoms with Gasteiger partial charge in [-0.15, -0.1) is 0 Å². The standard InChI is InChI=1S/C15H16F6N2O3/c1-8(24)23-12(7-26-2)13(25)22-6-9-3-10(14(16,17)18)5-11(4-9)15(19,20)21/h3-5,12H,6-7H2,1-2H3,(H,22,25)(H,23,24)/t12-/m1/s1. The van der Waals surface area contributed by atoms with E-state index in [0.29, 0.717) is 12.1 Å². The van der Waals surface area contributed by atoms with Crippen molar-refractivity contribution < 1.29 is 40.7 Å². The van der Waals surface area contributed by atoms with Crippen molar-refractivity contribution in [3.8, 4) is 0 Å². The summed E-state index contributed by atoms with van der Waals surface area (Å²) in [6, 6.07) is -0.111. The maximum absolute atomic E-state index is 12.8. The van der Waals surface area contributed by atoms with Gasteiger partial charge in [-0.3, -0.25) is 9.59 Å². The van der Waals surface area contributed by atoms with Crippen LogP contribution in [0.15, 0.2) is 18.2 Å². The third-order valence-corrected chi connectivity index (χ3v) is 3.14. The molecule has 0 fully saturated rings. The molecule has 0 aliphatic carbocycles. The van der Waals surface area contributed by atoms with Crippen molar-refractivity contribution in [2.75, 3.05) is 13.7 Å². The van der Waals surface area contributed by atoms with E-state index in [1.165, 1.54) is 7.11 Å². The summed E-state index contributed by atoms with van der Waals surface area (Å²) < 4.78 is 81.5. The van der Waals surface area contributed by atoms with Gasteiger partial charge in [-0.25, -0.2) is 0 Å². The molecule has 26 heavy (non-hydrogen) atoms. The van der Waals surface area contributed by atoms with Crippen molar-refractivity contribution in [2.45, 2.75) is 31.9 Å². The number of carbonyl (C=O) groups excluding carboxylic acids is 2. The van der Waals surface area contributed by atoms with Gasteiger partial charge in [-0.05, 0) is 23.8 Å². The summed E-state index contributed by atoms with van der Waals surface area (Å²) in [5.74, 6) is -1.37. The number of alkyl halides is 6. The molecule has 0 spiro atoms. The third-order valence-electron chi connectivity index (χ3n) is 3.14. The lowest BCUT2D eigenvalue weighted by Gasteiger charge is -2.18. The number of hydrogen-bond donors (Lipinski definition) is 2. The molecular weight excluding hydrogens is 370 g/mol. The van der Waals surface area contributed by atoms with Gasteiger partial charge in [0, 0.05) is 20.6 Å². The molecule has 2 amide bonds. The van der Waals surface area contributed by atoms with Gasteiger partial charge in [0.2, 0.25) is 11.8 Å². The number of benzene rings is 1. The van der Waals surface area contributed by atoms with Crippen LogP contribution < -0.4 is 10.6 Å². The lowest BCUT2D eigenvalue weighted by molar-refractivity contribution is -0.143. The predicted molar refractivity (Wildman–Crippen MR) is 77.8 cm³/mol. The molecule has 2 N–H and O–H groups in total. The summed E-state index contributed by atoms with van der Waals surface area (Å²) in [6.07, 6.45) is -9.95. The van der Waals surface area contributed by atoms with Gasteiger partial charge in [-0.1, -0.05) is 0 Å². The van der Waals surface area contributed by atoms with E-state index >= 15 is 0 Å². The fraction of sp³-hybridized carbons (Fsp3) is 0.467. The van der Waals surface area contributed by atoms with Crippen molar-refractivity contribution in [3.05, 3.63) is 34.9 Å². The van der Waals surface area contributed by atoms with Crippen molar-refractivity contribution >= 4 is 11.8 Å². The first-order valence-corrected chi connectivity index (χ1v) is 7.16. The van der Waals surface area contributed by atoms with Crippen molar-refractivity contribution in [1.82, 2.24) is 10.6 Å². The van der Waals surface area contributed by atoms with E-state index in [0.717, 1.165) is 6.92 Å². The van der Waals surface area contributed by atoms with Crippen molar-refractivity contribution in [2.24, 2.45) is 0 Å². The van der Waals surface area contributed by atoms with Crippen molar-refractivity contribution in [3.63, 3.8) is 0 Å². The first kappa shape index (κ1) is 21.7. The Morgan fingerprint density at radius 3 is 1.92 bits per heavy atom. The lowest BCUT2D eigenvalue weighted by atomic mass is 10.0. The second-order valence-electron chi connectivity index (χ2n) is 5.34. The normalized spacial score (nSPS) is 13.2. The average molecular weight is 386 g/mol. The zero-order valence-corrected chi connectivity index (χ0v) is 13.7. The minimum atomic E-state index is -4.98. The molecule has 11 heteroatoms. The Kier molecular flexibility index (Phi) is 7.01. The van der Waals surface area contributed by atoms with E-state index in [2.05, 4.69) is 10.6 Å². The topological polar surface area (TPSA) is 67.4 Å². The van der Waals surface area contributed by atoms with Crippen LogP contribution in [0.4, 0.5) is 26.3 Å². The van der Waals surface area contributed by atoms with Crippen molar-refractivity contribution in [1.29, 1.82) is 0 Å². The van der Waals surface area contributed by atoms with E-state index in [1.54, 1.807) is 0 Å². The average Bonchev–Trinajstić information content (AvgIpc) is 2.49. The van der Waals surface area contributed by atoms with Gasteiger partial charge in [0.15, 0.2) is 0 Å². The minimum absolute atomic E-state index is 0.00362. The Hall–Kier alpha value is -2.30. The number of ether oxygens (including phenoxy) is 1. The Morgan fingerprint density at radius 2 is 1.54 bits per heavy atom. The summed E-state index contributed by atoms with van der Waals surface area (Å²) in [4.78, 5) is 23.0. The molecule has 0 saturated heterocycles. The van der Waals surface area contributed by atoms with Gasteiger partial charge >= 0.3 is 12.4 Å². The molecule has 0 aliphatic rings. The molecule has 5 nitrogen and oxygen atoms in total. The zero-order chi connectivity index (χ0) is 20.1. The van der Waals surface area contributed by atoms with Crippen LogP contribution in [0.5, 0.6) is 0 Å². The zero-order valence-electron chi connectivity index (χ0n) is 13.7. The molecule has 0 aromatic heterocycles. The highest BCUT2D eigenvalue weighted by Gasteiger charge is 2.36. The van der Waals surface area contributed by atoms with Gasteiger partial charge < -0.3 is 15.4 Å². The Labute approximate surface area is 144 Å². The number of halogens is 6. The van der Waals surface area contributed by atoms with E-state index < -0.39 is 47.9 Å². The van der Waals surface area contributed by atoms with Crippen LogP contribution in [0, 0.1) is 0 Å². The van der Waals surface area contributed by atoms with E-state index in [4.69, 9.17) is 4.74 Å². The fourth-order valence-electron chi connectivity index (χ4n) is 2.03. The molecule has 0 aliphatic heterocycles. The minimum Gasteiger partial charge on any atom is -0.382 e. The van der Waals surface area contributed by atoms with Crippen LogP contribution in [0.25, 0.3) is 0 Å². The fourth-order valence-corrected chi connectivity index (χ4v) is 2.03. The number of hydrogen-bond acceptors (Lipinski definition) is 3. The number of nitrogens with one attached hydrogen (secondary N) is 2. The quantitative estimate of drug-likeness (QED) is 0.739. The molecule has 0 unspecified atom stereocenters. The number of methoxy groups -OCH3 is 1. The summed E-state index contributed by atoms with van der Waals surface area (Å²) in [5, 5.41) is 4.43. The molecule has 0 bridgehead atoms. The highest BCUT2D eigenvalue weighted by Crippen LogP contribution is 2.36. The molecule has 0 saturated carbocycles. The van der Waals surface area contributed by atoms with Crippen LogP contribution in [-0.2, 0) is 33.2 Å². The number of amides is 2. The summed E-state index contributed by atoms with van der Waals surface area (Å²) in [6.45, 7) is 0.325. The SMILES string of the molecule is COC[C@@H](NC(C)=O)C(=O)NCc1cc(C(F)(F)F)cc(C(F)(F)F)c1. The number of carbonyl (C=O) groups is 2. The Bertz CT molecular complexity index is 626. The third kappa shape index (κ3) is 6.54. The Morgan fingerprint density at radius 1 is 1.04 bits per heavy atom. The molecule has 0 radical (unpaired) electrons. The Balaban J connectivity index is 3.01. The summed E-state index contributed by atoms with van der Waals surface area (Å²) in [7, 11) is 1.25. The van der Waals surface area contributed by atoms with Crippen LogP contribution in [-0.4, -0.2) is 31.6 Å². The monoisotopic (exact) mass is 386 g/mol. The van der Waals surface area contributed by atoms with Gasteiger partial charge in [0.1, 0.15) is 6.04 Å². The molecule has 1 rings (SSSR count). The smallest absolute Gasteiger partial charge is 0.382 e. The second kappa shape index (κ2) is 8.39. The molecular formula is C15H16F6N2O3. The first-order valence-electron chi connectivity index (χ1n) is 7.16. The van der Waals surface area contributed by atoms with Crippen LogP contribution in [0.1, 0.15) is 23.6 Å². The summed E-state index contributed by atoms with van der Waals surface area (Å²) >= 11 is 0. The van der Waals surface area contributed by atoms with Gasteiger partial charge in [0.05, 0.1) is 17.7 Å². The van der Waals surface area contributed by atoms with Gasteiger partial charge in [-0.2, -0.15) is 26.3 Å². The van der Waals surface area contributed by atoms with E-state index in [-0.39, 0.29) is 18.2 Å². The van der Waals surface area contributed by atoms with Crippen LogP contribution in [0.3, 0.4) is 0 Å². The molecule has 0 heterocycles. The molecule has 1 aromatic carbocycles. The molecule has 1 atom stereocenters. The first-order chi connectivity index (χ1) is 11.8. The predicted octanol–water partition coefficient (Wildman–Crippen LogP) is 2.49. The molecule has 146 valence electrons. The highest BCUT2D eigenvalue weighted by molar-refractivity contribution is 5.86.